The lowest BCUT2D eigenvalue weighted by atomic mass is 9.71. The molecule has 0 fully saturated rings. The standard InChI is InChI=1S/C73H58/c1-5-41-73(42-6-2)64-32-20-18-26-54(64)58-40-36-50(46-68(58)73)70-61-29-15-13-27-59(61)69(60-28-14-16-30-62(60)70)49-35-39-57-56-38-34-48(44-66(56)72(4,67(57)45-49)52-23-11-8-12-24-52)47-33-37-55-53-25-17-19-31-63(53)71(3,65(55)43-47)51-21-9-7-10-22-51/h7-40,43-46H,5-6,41-42H2,1-4H3. The van der Waals surface area contributed by atoms with Crippen molar-refractivity contribution < 1.29 is 0 Å². The van der Waals surface area contributed by atoms with Crippen molar-refractivity contribution in [1.82, 2.24) is 0 Å². The van der Waals surface area contributed by atoms with Crippen molar-refractivity contribution in [2.45, 2.75) is 69.6 Å². The van der Waals surface area contributed by atoms with Crippen LogP contribution in [0.2, 0.25) is 0 Å². The Bertz CT molecular complexity index is 3960. The molecule has 3 aliphatic rings. The fourth-order valence-corrected chi connectivity index (χ4v) is 14.6. The van der Waals surface area contributed by atoms with Crippen molar-refractivity contribution in [3.63, 3.8) is 0 Å². The Morgan fingerprint density at radius 2 is 0.589 bits per heavy atom. The van der Waals surface area contributed by atoms with Crippen LogP contribution in [0.4, 0.5) is 0 Å². The molecule has 0 N–H and O–H groups in total. The van der Waals surface area contributed by atoms with Gasteiger partial charge >= 0.3 is 0 Å². The van der Waals surface area contributed by atoms with E-state index in [0.717, 1.165) is 25.7 Å². The second-order valence-corrected chi connectivity index (χ2v) is 21.5. The Labute approximate surface area is 430 Å². The normalized spacial score (nSPS) is 17.5. The summed E-state index contributed by atoms with van der Waals surface area (Å²) in [6.45, 7) is 9.59. The summed E-state index contributed by atoms with van der Waals surface area (Å²) >= 11 is 0. The Hall–Kier alpha value is -8.06. The van der Waals surface area contributed by atoms with Crippen LogP contribution in [0.3, 0.4) is 0 Å². The molecule has 0 heteroatoms. The van der Waals surface area contributed by atoms with Crippen LogP contribution in [0, 0.1) is 0 Å². The van der Waals surface area contributed by atoms with E-state index in [1.807, 2.05) is 0 Å². The van der Waals surface area contributed by atoms with E-state index in [1.54, 1.807) is 0 Å². The number of rotatable bonds is 9. The van der Waals surface area contributed by atoms with Gasteiger partial charge in [0.1, 0.15) is 0 Å². The van der Waals surface area contributed by atoms with Crippen LogP contribution in [0.25, 0.3) is 88.3 Å². The van der Waals surface area contributed by atoms with E-state index in [0.29, 0.717) is 0 Å². The van der Waals surface area contributed by atoms with Gasteiger partial charge in [-0.1, -0.05) is 233 Å². The van der Waals surface area contributed by atoms with Crippen molar-refractivity contribution in [3.8, 4) is 66.8 Å². The van der Waals surface area contributed by atoms with Crippen molar-refractivity contribution in [1.29, 1.82) is 0 Å². The predicted octanol–water partition coefficient (Wildman–Crippen LogP) is 19.5. The third-order valence-electron chi connectivity index (χ3n) is 17.9. The van der Waals surface area contributed by atoms with Gasteiger partial charge in [0.15, 0.2) is 0 Å². The highest BCUT2D eigenvalue weighted by Gasteiger charge is 2.44. The minimum absolute atomic E-state index is 0.0165. The summed E-state index contributed by atoms with van der Waals surface area (Å²) in [5, 5.41) is 5.16. The quantitative estimate of drug-likeness (QED) is 0.127. The first-order valence-corrected chi connectivity index (χ1v) is 26.7. The van der Waals surface area contributed by atoms with E-state index in [9.17, 15) is 0 Å². The molecule has 0 nitrogen and oxygen atoms in total. The number of hydrogen-bond acceptors (Lipinski definition) is 0. The molecule has 350 valence electrons. The zero-order valence-corrected chi connectivity index (χ0v) is 42.3. The third-order valence-corrected chi connectivity index (χ3v) is 17.9. The van der Waals surface area contributed by atoms with Gasteiger partial charge in [0.25, 0.3) is 0 Å². The fraction of sp³-hybridized carbons (Fsp3) is 0.151. The molecule has 0 amide bonds. The van der Waals surface area contributed by atoms with Crippen LogP contribution in [0.1, 0.15) is 97.9 Å². The van der Waals surface area contributed by atoms with Crippen molar-refractivity contribution in [2.24, 2.45) is 0 Å². The van der Waals surface area contributed by atoms with Crippen LogP contribution >= 0.6 is 0 Å². The molecule has 0 heterocycles. The Balaban J connectivity index is 0.929. The average molecular weight is 935 g/mol. The topological polar surface area (TPSA) is 0 Å². The van der Waals surface area contributed by atoms with Crippen LogP contribution in [-0.4, -0.2) is 0 Å². The van der Waals surface area contributed by atoms with Gasteiger partial charge in [0.2, 0.25) is 0 Å². The highest BCUT2D eigenvalue weighted by atomic mass is 14.5. The fourth-order valence-electron chi connectivity index (χ4n) is 14.6. The molecule has 3 aliphatic carbocycles. The van der Waals surface area contributed by atoms with E-state index in [1.165, 1.54) is 133 Å². The molecule has 2 unspecified atom stereocenters. The molecule has 0 aromatic heterocycles. The maximum absolute atomic E-state index is 2.59. The highest BCUT2D eigenvalue weighted by Crippen LogP contribution is 2.58. The minimum atomic E-state index is -0.402. The number of fused-ring (bicyclic) bond motifs is 11. The molecule has 14 rings (SSSR count). The minimum Gasteiger partial charge on any atom is -0.0653 e. The molecule has 0 bridgehead atoms. The maximum Gasteiger partial charge on any atom is 0.0435 e. The predicted molar refractivity (Wildman–Crippen MR) is 309 cm³/mol. The van der Waals surface area contributed by atoms with Crippen molar-refractivity contribution in [3.05, 3.63) is 275 Å². The summed E-state index contributed by atoms with van der Waals surface area (Å²) in [5.41, 5.74) is 26.2. The van der Waals surface area contributed by atoms with Gasteiger partial charge < -0.3 is 0 Å². The first kappa shape index (κ1) is 43.7. The SMILES string of the molecule is CCCC1(CCC)c2ccccc2-c2ccc(-c3c4ccccc4c(-c4ccc5c(c4)C(C)(c4ccccc4)c4cc(-c6ccc7c(c6)C(C)(c6ccccc6)c6ccccc6-7)ccc4-5)c4ccccc34)cc21. The summed E-state index contributed by atoms with van der Waals surface area (Å²) in [7, 11) is 0. The molecule has 0 aliphatic heterocycles. The van der Waals surface area contributed by atoms with Gasteiger partial charge in [0.05, 0.1) is 0 Å². The lowest BCUT2D eigenvalue weighted by Gasteiger charge is -2.32. The van der Waals surface area contributed by atoms with E-state index in [-0.39, 0.29) is 10.8 Å². The van der Waals surface area contributed by atoms with Crippen LogP contribution < -0.4 is 0 Å². The maximum atomic E-state index is 2.59. The monoisotopic (exact) mass is 934 g/mol. The van der Waals surface area contributed by atoms with E-state index < -0.39 is 5.41 Å². The van der Waals surface area contributed by atoms with Crippen LogP contribution in [0.15, 0.2) is 231 Å². The Morgan fingerprint density at radius 3 is 1.04 bits per heavy atom. The van der Waals surface area contributed by atoms with Crippen molar-refractivity contribution in [2.75, 3.05) is 0 Å². The van der Waals surface area contributed by atoms with E-state index >= 15 is 0 Å². The summed E-state index contributed by atoms with van der Waals surface area (Å²) in [4.78, 5) is 0. The van der Waals surface area contributed by atoms with Crippen LogP contribution in [-0.2, 0) is 16.2 Å². The Morgan fingerprint density at radius 1 is 0.274 bits per heavy atom. The van der Waals surface area contributed by atoms with Gasteiger partial charge in [-0.3, -0.25) is 0 Å². The summed E-state index contributed by atoms with van der Waals surface area (Å²) in [6.07, 6.45) is 4.59. The molecule has 11 aromatic carbocycles. The molecule has 11 aromatic rings. The molecule has 0 radical (unpaired) electrons. The molecule has 2 atom stereocenters. The van der Waals surface area contributed by atoms with E-state index in [4.69, 9.17) is 0 Å². The van der Waals surface area contributed by atoms with Gasteiger partial charge in [-0.05, 0) is 184 Å². The van der Waals surface area contributed by atoms with Gasteiger partial charge in [0, 0.05) is 16.2 Å². The van der Waals surface area contributed by atoms with Gasteiger partial charge in [-0.2, -0.15) is 0 Å². The first-order valence-electron chi connectivity index (χ1n) is 26.7. The second-order valence-electron chi connectivity index (χ2n) is 21.5. The Kier molecular flexibility index (Phi) is 9.87. The van der Waals surface area contributed by atoms with Gasteiger partial charge in [-0.15, -0.1) is 0 Å². The number of hydrogen-bond donors (Lipinski definition) is 0. The smallest absolute Gasteiger partial charge is 0.0435 e. The zero-order valence-electron chi connectivity index (χ0n) is 42.3. The highest BCUT2D eigenvalue weighted by molar-refractivity contribution is 6.21. The molecule has 0 saturated carbocycles. The number of benzene rings is 11. The zero-order chi connectivity index (χ0) is 49.1. The van der Waals surface area contributed by atoms with E-state index in [2.05, 4.69) is 258 Å². The molecule has 73 heavy (non-hydrogen) atoms. The van der Waals surface area contributed by atoms with Crippen molar-refractivity contribution >= 4 is 21.5 Å². The third kappa shape index (κ3) is 6.14. The molecular formula is C73H58. The summed E-state index contributed by atoms with van der Waals surface area (Å²) < 4.78 is 0. The molecule has 0 spiro atoms. The average Bonchev–Trinajstić information content (AvgIpc) is 3.99. The van der Waals surface area contributed by atoms with Crippen LogP contribution in [0.5, 0.6) is 0 Å². The largest absolute Gasteiger partial charge is 0.0653 e. The molecule has 0 saturated heterocycles. The summed E-state index contributed by atoms with van der Waals surface area (Å²) in [6, 6.07) is 88.2. The summed E-state index contributed by atoms with van der Waals surface area (Å²) in [5.74, 6) is 0. The lowest BCUT2D eigenvalue weighted by Crippen LogP contribution is -2.25. The van der Waals surface area contributed by atoms with Gasteiger partial charge in [-0.25, -0.2) is 0 Å². The first-order chi connectivity index (χ1) is 35.9. The second kappa shape index (κ2) is 16.5. The lowest BCUT2D eigenvalue weighted by molar-refractivity contribution is 0.436. The molecular weight excluding hydrogens is 877 g/mol.